The normalized spacial score (nSPS) is 12.4. The summed E-state index contributed by atoms with van der Waals surface area (Å²) in [5.41, 5.74) is 8.98. The molecule has 0 aliphatic rings. The summed E-state index contributed by atoms with van der Waals surface area (Å²) in [6.45, 7) is 3.96. The van der Waals surface area contributed by atoms with E-state index < -0.39 is 0 Å². The third-order valence-corrected chi connectivity index (χ3v) is 3.07. The van der Waals surface area contributed by atoms with E-state index in [-0.39, 0.29) is 18.8 Å². The summed E-state index contributed by atoms with van der Waals surface area (Å²) >= 11 is 0. The van der Waals surface area contributed by atoms with E-state index in [1.807, 2.05) is 62.4 Å². The Kier molecular flexibility index (Phi) is 4.77. The molecule has 20 heavy (non-hydrogen) atoms. The van der Waals surface area contributed by atoms with Crippen LogP contribution in [0.15, 0.2) is 48.5 Å². The van der Waals surface area contributed by atoms with Crippen LogP contribution in [0.3, 0.4) is 0 Å². The Bertz CT molecular complexity index is 549. The van der Waals surface area contributed by atoms with Gasteiger partial charge in [0.2, 0.25) is 0 Å². The molecule has 0 amide bonds. The first-order valence-corrected chi connectivity index (χ1v) is 6.83. The highest BCUT2D eigenvalue weighted by Gasteiger charge is 2.06. The van der Waals surface area contributed by atoms with E-state index in [0.29, 0.717) is 0 Å². The van der Waals surface area contributed by atoms with Crippen LogP contribution in [0, 0.1) is 0 Å². The first-order chi connectivity index (χ1) is 9.60. The molecule has 2 aromatic rings. The van der Waals surface area contributed by atoms with Crippen molar-refractivity contribution in [3.63, 3.8) is 0 Å². The van der Waals surface area contributed by atoms with Crippen LogP contribution in [0.5, 0.6) is 5.75 Å². The monoisotopic (exact) mass is 271 g/mol. The molecular formula is C17H21NO2. The number of aliphatic hydroxyl groups excluding tert-OH is 1. The van der Waals surface area contributed by atoms with Crippen molar-refractivity contribution in [2.75, 3.05) is 6.61 Å². The lowest BCUT2D eigenvalue weighted by Crippen LogP contribution is -2.14. The molecule has 2 aromatic carbocycles. The Morgan fingerprint density at radius 1 is 1.05 bits per heavy atom. The molecule has 0 fully saturated rings. The molecule has 0 aliphatic carbocycles. The maximum absolute atomic E-state index is 9.13. The summed E-state index contributed by atoms with van der Waals surface area (Å²) in [6.07, 6.45) is 0.173. The Morgan fingerprint density at radius 3 is 2.35 bits per heavy atom. The van der Waals surface area contributed by atoms with E-state index in [2.05, 4.69) is 0 Å². The molecule has 0 saturated heterocycles. The summed E-state index contributed by atoms with van der Waals surface area (Å²) < 4.78 is 5.63. The summed E-state index contributed by atoms with van der Waals surface area (Å²) in [5.74, 6) is 0.868. The lowest BCUT2D eigenvalue weighted by molar-refractivity contribution is 0.242. The van der Waals surface area contributed by atoms with Gasteiger partial charge in [0, 0.05) is 0 Å². The predicted molar refractivity (Wildman–Crippen MR) is 81.7 cm³/mol. The lowest BCUT2D eigenvalue weighted by Gasteiger charge is -2.12. The van der Waals surface area contributed by atoms with Gasteiger partial charge in [-0.15, -0.1) is 0 Å². The fourth-order valence-electron chi connectivity index (χ4n) is 2.05. The van der Waals surface area contributed by atoms with Crippen LogP contribution in [0.2, 0.25) is 0 Å². The van der Waals surface area contributed by atoms with E-state index >= 15 is 0 Å². The van der Waals surface area contributed by atoms with Crippen molar-refractivity contribution in [1.29, 1.82) is 0 Å². The van der Waals surface area contributed by atoms with Gasteiger partial charge in [-0.2, -0.15) is 0 Å². The third-order valence-electron chi connectivity index (χ3n) is 3.07. The largest absolute Gasteiger partial charge is 0.491 e. The molecule has 0 saturated carbocycles. The van der Waals surface area contributed by atoms with Crippen LogP contribution in [-0.4, -0.2) is 17.8 Å². The molecule has 3 N–H and O–H groups in total. The second-order valence-corrected chi connectivity index (χ2v) is 5.11. The molecule has 0 spiro atoms. The molecule has 0 aromatic heterocycles. The summed E-state index contributed by atoms with van der Waals surface area (Å²) in [6, 6.07) is 15.6. The maximum Gasteiger partial charge on any atom is 0.119 e. The summed E-state index contributed by atoms with van der Waals surface area (Å²) in [4.78, 5) is 0. The van der Waals surface area contributed by atoms with Crippen molar-refractivity contribution in [1.82, 2.24) is 0 Å². The number of rotatable bonds is 5. The highest BCUT2D eigenvalue weighted by molar-refractivity contribution is 5.65. The zero-order valence-electron chi connectivity index (χ0n) is 11.9. The van der Waals surface area contributed by atoms with Gasteiger partial charge in [0.05, 0.1) is 18.8 Å². The van der Waals surface area contributed by atoms with E-state index in [1.165, 1.54) is 0 Å². The van der Waals surface area contributed by atoms with Crippen LogP contribution in [0.4, 0.5) is 0 Å². The number of ether oxygens (including phenoxy) is 1. The van der Waals surface area contributed by atoms with Crippen LogP contribution in [0.1, 0.15) is 25.5 Å². The minimum Gasteiger partial charge on any atom is -0.491 e. The van der Waals surface area contributed by atoms with Gasteiger partial charge in [0.1, 0.15) is 5.75 Å². The van der Waals surface area contributed by atoms with Crippen LogP contribution >= 0.6 is 0 Å². The van der Waals surface area contributed by atoms with Crippen LogP contribution in [0.25, 0.3) is 11.1 Å². The smallest absolute Gasteiger partial charge is 0.119 e. The van der Waals surface area contributed by atoms with Crippen molar-refractivity contribution in [2.24, 2.45) is 5.73 Å². The number of hydrogen-bond donors (Lipinski definition) is 2. The van der Waals surface area contributed by atoms with Crippen LogP contribution in [-0.2, 0) is 0 Å². The minimum atomic E-state index is -0.335. The Morgan fingerprint density at radius 2 is 1.75 bits per heavy atom. The Hall–Kier alpha value is -1.84. The highest BCUT2D eigenvalue weighted by atomic mass is 16.5. The average molecular weight is 271 g/mol. The molecule has 0 aliphatic heterocycles. The number of nitrogens with two attached hydrogens (primary N) is 1. The van der Waals surface area contributed by atoms with Crippen molar-refractivity contribution in [3.8, 4) is 16.9 Å². The quantitative estimate of drug-likeness (QED) is 0.878. The summed E-state index contributed by atoms with van der Waals surface area (Å²) in [7, 11) is 0. The minimum absolute atomic E-state index is 0.0510. The second-order valence-electron chi connectivity index (χ2n) is 5.11. The molecule has 0 heterocycles. The second kappa shape index (κ2) is 6.55. The van der Waals surface area contributed by atoms with E-state index in [0.717, 1.165) is 22.4 Å². The molecular weight excluding hydrogens is 250 g/mol. The lowest BCUT2D eigenvalue weighted by atomic mass is 10.00. The molecule has 3 heteroatoms. The first-order valence-electron chi connectivity index (χ1n) is 6.83. The molecule has 1 atom stereocenters. The fourth-order valence-corrected chi connectivity index (χ4v) is 2.05. The van der Waals surface area contributed by atoms with Gasteiger partial charge >= 0.3 is 0 Å². The van der Waals surface area contributed by atoms with Gasteiger partial charge in [-0.3, -0.25) is 0 Å². The number of hydrogen-bond acceptors (Lipinski definition) is 3. The first kappa shape index (κ1) is 14.6. The Labute approximate surface area is 120 Å². The van der Waals surface area contributed by atoms with Gasteiger partial charge in [-0.1, -0.05) is 30.3 Å². The van der Waals surface area contributed by atoms with Gasteiger partial charge < -0.3 is 15.6 Å². The Balaban J connectivity index is 2.23. The van der Waals surface area contributed by atoms with Gasteiger partial charge in [-0.05, 0) is 48.7 Å². The molecule has 0 radical (unpaired) electrons. The molecule has 3 nitrogen and oxygen atoms in total. The van der Waals surface area contributed by atoms with Gasteiger partial charge in [-0.25, -0.2) is 0 Å². The van der Waals surface area contributed by atoms with Crippen molar-refractivity contribution < 1.29 is 9.84 Å². The van der Waals surface area contributed by atoms with E-state index in [4.69, 9.17) is 15.6 Å². The zero-order chi connectivity index (χ0) is 14.5. The molecule has 0 bridgehead atoms. The molecule has 2 rings (SSSR count). The summed E-state index contributed by atoms with van der Waals surface area (Å²) in [5, 5.41) is 9.13. The average Bonchev–Trinajstić information content (AvgIpc) is 2.47. The number of aliphatic hydroxyl groups is 1. The van der Waals surface area contributed by atoms with Crippen LogP contribution < -0.4 is 10.5 Å². The predicted octanol–water partition coefficient (Wildman–Crippen LogP) is 3.13. The highest BCUT2D eigenvalue weighted by Crippen LogP contribution is 2.25. The number of benzene rings is 2. The maximum atomic E-state index is 9.13. The van der Waals surface area contributed by atoms with Crippen molar-refractivity contribution >= 4 is 0 Å². The third kappa shape index (κ3) is 3.59. The zero-order valence-corrected chi connectivity index (χ0v) is 11.9. The van der Waals surface area contributed by atoms with Crippen molar-refractivity contribution in [2.45, 2.75) is 26.0 Å². The molecule has 106 valence electrons. The van der Waals surface area contributed by atoms with Gasteiger partial charge in [0.25, 0.3) is 0 Å². The fraction of sp³-hybridized carbons (Fsp3) is 0.294. The SMILES string of the molecule is CC(C)Oc1ccc(-c2cccc(C(N)CO)c2)cc1. The van der Waals surface area contributed by atoms with Gasteiger partial charge in [0.15, 0.2) is 0 Å². The topological polar surface area (TPSA) is 55.5 Å². The van der Waals surface area contributed by atoms with Crippen molar-refractivity contribution in [3.05, 3.63) is 54.1 Å². The molecule has 1 unspecified atom stereocenters. The van der Waals surface area contributed by atoms with E-state index in [1.54, 1.807) is 0 Å². The standard InChI is InChI=1S/C17H21NO2/c1-12(2)20-16-8-6-13(7-9-16)14-4-3-5-15(10-14)17(18)11-19/h3-10,12,17,19H,11,18H2,1-2H3. The van der Waals surface area contributed by atoms with E-state index in [9.17, 15) is 0 Å².